The van der Waals surface area contributed by atoms with Crippen molar-refractivity contribution in [3.8, 4) is 0 Å². The number of hydrogen-bond donors (Lipinski definition) is 2. The predicted octanol–water partition coefficient (Wildman–Crippen LogP) is -0.811. The number of hydrogen-bond acceptors (Lipinski definition) is 6. The van der Waals surface area contributed by atoms with Crippen molar-refractivity contribution in [2.75, 3.05) is 32.0 Å². The first kappa shape index (κ1) is 12.2. The van der Waals surface area contributed by atoms with Gasteiger partial charge in [0.2, 0.25) is 0 Å². The number of nitrogens with one attached hydrogen (secondary N) is 1. The van der Waals surface area contributed by atoms with Crippen LogP contribution in [0.3, 0.4) is 0 Å². The summed E-state index contributed by atoms with van der Waals surface area (Å²) in [5.74, 6) is -0.00624. The summed E-state index contributed by atoms with van der Waals surface area (Å²) in [5, 5.41) is 1.59. The van der Waals surface area contributed by atoms with Crippen molar-refractivity contribution >= 4 is 15.8 Å². The van der Waals surface area contributed by atoms with Gasteiger partial charge in [-0.15, -0.1) is 4.83 Å². The maximum atomic E-state index is 12.0. The molecule has 0 aromatic carbocycles. The Labute approximate surface area is 99.6 Å². The highest BCUT2D eigenvalue weighted by Crippen LogP contribution is 2.14. The minimum atomic E-state index is -3.66. The molecule has 0 amide bonds. The smallest absolute Gasteiger partial charge is 0.257 e. The van der Waals surface area contributed by atoms with Crippen LogP contribution in [-0.2, 0) is 14.8 Å². The Kier molecular flexibility index (Phi) is 3.57. The van der Waals surface area contributed by atoms with E-state index in [0.29, 0.717) is 26.3 Å². The zero-order chi connectivity index (χ0) is 12.3. The Morgan fingerprint density at radius 2 is 2.12 bits per heavy atom. The van der Waals surface area contributed by atoms with E-state index in [1.54, 1.807) is 5.01 Å². The average molecular weight is 258 g/mol. The van der Waals surface area contributed by atoms with E-state index in [0.717, 1.165) is 0 Å². The Balaban J connectivity index is 2.16. The van der Waals surface area contributed by atoms with Crippen LogP contribution in [0.25, 0.3) is 0 Å². The van der Waals surface area contributed by atoms with Gasteiger partial charge >= 0.3 is 0 Å². The monoisotopic (exact) mass is 258 g/mol. The van der Waals surface area contributed by atoms with Gasteiger partial charge in [0, 0.05) is 19.3 Å². The summed E-state index contributed by atoms with van der Waals surface area (Å²) in [6, 6.07) is 2.95. The van der Waals surface area contributed by atoms with Crippen LogP contribution in [0, 0.1) is 0 Å². The second kappa shape index (κ2) is 4.96. The van der Waals surface area contributed by atoms with Gasteiger partial charge in [0.25, 0.3) is 10.0 Å². The van der Waals surface area contributed by atoms with Crippen molar-refractivity contribution in [3.63, 3.8) is 0 Å². The fraction of sp³-hybridized carbons (Fsp3) is 0.444. The molecule has 0 aliphatic carbocycles. The van der Waals surface area contributed by atoms with Crippen LogP contribution in [0.1, 0.15) is 0 Å². The highest BCUT2D eigenvalue weighted by Gasteiger charge is 2.22. The third-order valence-corrected chi connectivity index (χ3v) is 3.77. The van der Waals surface area contributed by atoms with E-state index in [4.69, 9.17) is 10.5 Å². The van der Waals surface area contributed by atoms with E-state index < -0.39 is 10.0 Å². The van der Waals surface area contributed by atoms with Crippen LogP contribution < -0.4 is 10.6 Å². The van der Waals surface area contributed by atoms with E-state index in [1.165, 1.54) is 18.3 Å². The Bertz CT molecular complexity index is 485. The van der Waals surface area contributed by atoms with Crippen LogP contribution in [0.2, 0.25) is 0 Å². The zero-order valence-electron chi connectivity index (χ0n) is 9.17. The number of sulfonamides is 1. The molecule has 1 aromatic heterocycles. The van der Waals surface area contributed by atoms with Crippen molar-refractivity contribution < 1.29 is 13.2 Å². The second-order valence-electron chi connectivity index (χ2n) is 3.58. The van der Waals surface area contributed by atoms with Crippen molar-refractivity contribution in [3.05, 3.63) is 18.3 Å². The molecule has 0 saturated carbocycles. The van der Waals surface area contributed by atoms with Gasteiger partial charge in [-0.25, -0.2) is 18.4 Å². The van der Waals surface area contributed by atoms with Gasteiger partial charge in [-0.3, -0.25) is 0 Å². The summed E-state index contributed by atoms with van der Waals surface area (Å²) in [6.07, 6.45) is 1.45. The van der Waals surface area contributed by atoms with Crippen molar-refractivity contribution in [2.45, 2.75) is 4.90 Å². The number of ether oxygens (including phenoxy) is 1. The van der Waals surface area contributed by atoms with Gasteiger partial charge in [-0.2, -0.15) is 0 Å². The molecule has 3 N–H and O–H groups in total. The minimum Gasteiger partial charge on any atom is -0.383 e. The number of nitrogen functional groups attached to an aromatic ring is 1. The van der Waals surface area contributed by atoms with E-state index in [-0.39, 0.29) is 10.7 Å². The highest BCUT2D eigenvalue weighted by atomic mass is 32.2. The maximum absolute atomic E-state index is 12.0. The number of aromatic nitrogens is 1. The standard InChI is InChI=1S/C9H14N4O3S/c10-9-8(2-1-3-11-9)17(14,15)12-13-4-6-16-7-5-13/h1-3,12H,4-7H2,(H2,10,11). The summed E-state index contributed by atoms with van der Waals surface area (Å²) >= 11 is 0. The van der Waals surface area contributed by atoms with Gasteiger partial charge in [-0.1, -0.05) is 0 Å². The first-order valence-electron chi connectivity index (χ1n) is 5.15. The third kappa shape index (κ3) is 2.91. The van der Waals surface area contributed by atoms with Crippen molar-refractivity contribution in [2.24, 2.45) is 0 Å². The normalized spacial score (nSPS) is 18.1. The molecule has 94 valence electrons. The molecule has 1 aliphatic rings. The number of nitrogens with zero attached hydrogens (tertiary/aromatic N) is 2. The van der Waals surface area contributed by atoms with E-state index in [2.05, 4.69) is 9.82 Å². The third-order valence-electron chi connectivity index (χ3n) is 2.35. The van der Waals surface area contributed by atoms with Crippen LogP contribution in [0.15, 0.2) is 23.2 Å². The summed E-state index contributed by atoms with van der Waals surface area (Å²) in [7, 11) is -3.66. The van der Waals surface area contributed by atoms with Gasteiger partial charge in [0.15, 0.2) is 0 Å². The van der Waals surface area contributed by atoms with Crippen LogP contribution in [0.4, 0.5) is 5.82 Å². The minimum absolute atomic E-state index is 0.00624. The number of anilines is 1. The fourth-order valence-electron chi connectivity index (χ4n) is 1.50. The molecule has 1 aromatic rings. The lowest BCUT2D eigenvalue weighted by Crippen LogP contribution is -2.48. The topological polar surface area (TPSA) is 97.5 Å². The Hall–Kier alpha value is -1.22. The molecule has 2 heterocycles. The van der Waals surface area contributed by atoms with E-state index in [1.807, 2.05) is 0 Å². The quantitative estimate of drug-likeness (QED) is 0.736. The first-order chi connectivity index (χ1) is 8.09. The summed E-state index contributed by atoms with van der Waals surface area (Å²) in [6.45, 7) is 2.04. The molecule has 0 spiro atoms. The number of pyridine rings is 1. The van der Waals surface area contributed by atoms with Gasteiger partial charge in [0.05, 0.1) is 13.2 Å². The highest BCUT2D eigenvalue weighted by molar-refractivity contribution is 7.89. The molecule has 0 atom stereocenters. The largest absolute Gasteiger partial charge is 0.383 e. The SMILES string of the molecule is Nc1ncccc1S(=O)(=O)NN1CCOCC1. The number of nitrogens with two attached hydrogens (primary N) is 1. The van der Waals surface area contributed by atoms with Gasteiger partial charge < -0.3 is 10.5 Å². The lowest BCUT2D eigenvalue weighted by Gasteiger charge is -2.26. The first-order valence-corrected chi connectivity index (χ1v) is 6.63. The number of rotatable bonds is 3. The second-order valence-corrected chi connectivity index (χ2v) is 5.21. The molecule has 1 aliphatic heterocycles. The lowest BCUT2D eigenvalue weighted by atomic mass is 10.5. The van der Waals surface area contributed by atoms with Crippen molar-refractivity contribution in [1.82, 2.24) is 14.8 Å². The molecule has 0 radical (unpaired) electrons. The van der Waals surface area contributed by atoms with Crippen molar-refractivity contribution in [1.29, 1.82) is 0 Å². The molecule has 7 nitrogen and oxygen atoms in total. The molecule has 2 rings (SSSR count). The number of hydrazine groups is 1. The summed E-state index contributed by atoms with van der Waals surface area (Å²) < 4.78 is 29.1. The Morgan fingerprint density at radius 1 is 1.41 bits per heavy atom. The van der Waals surface area contributed by atoms with Crippen LogP contribution in [0.5, 0.6) is 0 Å². The van der Waals surface area contributed by atoms with E-state index >= 15 is 0 Å². The summed E-state index contributed by atoms with van der Waals surface area (Å²) in [4.78, 5) is 6.20. The molecule has 0 bridgehead atoms. The molecule has 1 fully saturated rings. The molecular formula is C9H14N4O3S. The van der Waals surface area contributed by atoms with Gasteiger partial charge in [0.1, 0.15) is 10.7 Å². The van der Waals surface area contributed by atoms with E-state index in [9.17, 15) is 8.42 Å². The molecular weight excluding hydrogens is 244 g/mol. The number of morpholine rings is 1. The van der Waals surface area contributed by atoms with Gasteiger partial charge in [-0.05, 0) is 12.1 Å². The van der Waals surface area contributed by atoms with Crippen LogP contribution in [-0.4, -0.2) is 44.7 Å². The molecule has 1 saturated heterocycles. The van der Waals surface area contributed by atoms with Crippen LogP contribution >= 0.6 is 0 Å². The molecule has 8 heteroatoms. The predicted molar refractivity (Wildman–Crippen MR) is 61.4 cm³/mol. The fourth-order valence-corrected chi connectivity index (χ4v) is 2.71. The lowest BCUT2D eigenvalue weighted by molar-refractivity contribution is 0.0272. The molecule has 0 unspecified atom stereocenters. The zero-order valence-corrected chi connectivity index (χ0v) is 9.98. The molecule has 17 heavy (non-hydrogen) atoms. The Morgan fingerprint density at radius 3 is 2.76 bits per heavy atom. The average Bonchev–Trinajstić information content (AvgIpc) is 2.30. The summed E-state index contributed by atoms with van der Waals surface area (Å²) in [5.41, 5.74) is 5.54. The maximum Gasteiger partial charge on any atom is 0.257 e.